The van der Waals surface area contributed by atoms with Gasteiger partial charge in [0.1, 0.15) is 0 Å². The quantitative estimate of drug-likeness (QED) is 0.601. The summed E-state index contributed by atoms with van der Waals surface area (Å²) < 4.78 is 0. The molecule has 1 heteroatoms. The van der Waals surface area contributed by atoms with Crippen LogP contribution in [-0.4, -0.2) is 11.2 Å². The molecule has 54 valence electrons. The van der Waals surface area contributed by atoms with E-state index in [-0.39, 0.29) is 6.10 Å². The van der Waals surface area contributed by atoms with Crippen LogP contribution in [0.4, 0.5) is 0 Å². The summed E-state index contributed by atoms with van der Waals surface area (Å²) in [5.74, 6) is 0.586. The van der Waals surface area contributed by atoms with Crippen LogP contribution in [0, 0.1) is 11.3 Å². The van der Waals surface area contributed by atoms with E-state index in [0.717, 1.165) is 6.42 Å². The van der Waals surface area contributed by atoms with Crippen molar-refractivity contribution in [3.8, 4) is 0 Å². The van der Waals surface area contributed by atoms with Crippen LogP contribution in [0.1, 0.15) is 33.6 Å². The predicted octanol–water partition coefficient (Wildman–Crippen LogP) is 1.80. The van der Waals surface area contributed by atoms with Crippen LogP contribution in [0.5, 0.6) is 0 Å². The molecule has 1 fully saturated rings. The molecule has 1 N–H and O–H groups in total. The lowest BCUT2D eigenvalue weighted by molar-refractivity contribution is 0.132. The molecular weight excluding hydrogens is 112 g/mol. The summed E-state index contributed by atoms with van der Waals surface area (Å²) in [5.41, 5.74) is 0.440. The predicted molar refractivity (Wildman–Crippen MR) is 38.2 cm³/mol. The van der Waals surface area contributed by atoms with Crippen molar-refractivity contribution in [2.75, 3.05) is 0 Å². The van der Waals surface area contributed by atoms with Crippen molar-refractivity contribution in [1.29, 1.82) is 0 Å². The fraction of sp³-hybridized carbons (Fsp3) is 1.00. The summed E-state index contributed by atoms with van der Waals surface area (Å²) in [6, 6.07) is 0. The largest absolute Gasteiger partial charge is 0.393 e. The molecule has 0 amide bonds. The van der Waals surface area contributed by atoms with E-state index >= 15 is 0 Å². The molecule has 0 aromatic rings. The van der Waals surface area contributed by atoms with Gasteiger partial charge in [0.15, 0.2) is 0 Å². The standard InChI is InChI=1S/C8H16O/c1-4-7(9)6-5-8(6,2)3/h6-7,9H,4-5H2,1-3H3/t6-,7+/m1/s1. The van der Waals surface area contributed by atoms with Gasteiger partial charge in [-0.15, -0.1) is 0 Å². The average molecular weight is 128 g/mol. The van der Waals surface area contributed by atoms with Gasteiger partial charge >= 0.3 is 0 Å². The van der Waals surface area contributed by atoms with Crippen molar-refractivity contribution in [3.63, 3.8) is 0 Å². The van der Waals surface area contributed by atoms with Gasteiger partial charge in [0.05, 0.1) is 6.10 Å². The molecule has 1 aliphatic rings. The summed E-state index contributed by atoms with van der Waals surface area (Å²) in [7, 11) is 0. The van der Waals surface area contributed by atoms with E-state index in [0.29, 0.717) is 11.3 Å². The Morgan fingerprint density at radius 3 is 2.22 bits per heavy atom. The molecule has 1 nitrogen and oxygen atoms in total. The lowest BCUT2D eigenvalue weighted by Crippen LogP contribution is -2.10. The zero-order valence-electron chi connectivity index (χ0n) is 6.52. The van der Waals surface area contributed by atoms with Crippen LogP contribution in [0.3, 0.4) is 0 Å². The fourth-order valence-corrected chi connectivity index (χ4v) is 1.45. The van der Waals surface area contributed by atoms with Crippen molar-refractivity contribution >= 4 is 0 Å². The third-order valence-corrected chi connectivity index (χ3v) is 2.47. The molecule has 1 saturated carbocycles. The maximum absolute atomic E-state index is 9.33. The normalized spacial score (nSPS) is 34.0. The van der Waals surface area contributed by atoms with Gasteiger partial charge in [0.2, 0.25) is 0 Å². The molecule has 0 aliphatic heterocycles. The van der Waals surface area contributed by atoms with Gasteiger partial charge in [0.25, 0.3) is 0 Å². The van der Waals surface area contributed by atoms with Crippen LogP contribution in [0.25, 0.3) is 0 Å². The molecule has 0 unspecified atom stereocenters. The first-order valence-electron chi connectivity index (χ1n) is 3.76. The first-order chi connectivity index (χ1) is 4.08. The van der Waals surface area contributed by atoms with Crippen LogP contribution >= 0.6 is 0 Å². The zero-order chi connectivity index (χ0) is 7.07. The molecular formula is C8H16O. The highest BCUT2D eigenvalue weighted by molar-refractivity contribution is 4.98. The number of hydrogen-bond acceptors (Lipinski definition) is 1. The van der Waals surface area contributed by atoms with Crippen LogP contribution < -0.4 is 0 Å². The van der Waals surface area contributed by atoms with E-state index in [1.165, 1.54) is 6.42 Å². The Hall–Kier alpha value is -0.0400. The molecule has 1 aliphatic carbocycles. The van der Waals surface area contributed by atoms with Gasteiger partial charge in [-0.25, -0.2) is 0 Å². The van der Waals surface area contributed by atoms with Crippen molar-refractivity contribution < 1.29 is 5.11 Å². The molecule has 0 heterocycles. The third kappa shape index (κ3) is 1.26. The second-order valence-corrected chi connectivity index (χ2v) is 3.77. The van der Waals surface area contributed by atoms with E-state index in [1.807, 2.05) is 6.92 Å². The second kappa shape index (κ2) is 1.98. The van der Waals surface area contributed by atoms with E-state index in [2.05, 4.69) is 13.8 Å². The zero-order valence-corrected chi connectivity index (χ0v) is 6.52. The monoisotopic (exact) mass is 128 g/mol. The van der Waals surface area contributed by atoms with Gasteiger partial charge in [0, 0.05) is 0 Å². The Kier molecular flexibility index (Phi) is 1.55. The smallest absolute Gasteiger partial charge is 0.0571 e. The van der Waals surface area contributed by atoms with Crippen LogP contribution in [-0.2, 0) is 0 Å². The molecule has 0 saturated heterocycles. The van der Waals surface area contributed by atoms with Gasteiger partial charge in [-0.3, -0.25) is 0 Å². The van der Waals surface area contributed by atoms with Gasteiger partial charge in [-0.1, -0.05) is 20.8 Å². The van der Waals surface area contributed by atoms with Gasteiger partial charge in [-0.2, -0.15) is 0 Å². The Morgan fingerprint density at radius 1 is 1.67 bits per heavy atom. The number of aliphatic hydroxyl groups excluding tert-OH is 1. The van der Waals surface area contributed by atoms with E-state index < -0.39 is 0 Å². The summed E-state index contributed by atoms with van der Waals surface area (Å²) in [4.78, 5) is 0. The van der Waals surface area contributed by atoms with Crippen LogP contribution in [0.15, 0.2) is 0 Å². The molecule has 1 rings (SSSR count). The SMILES string of the molecule is CC[C@H](O)[C@H]1CC1(C)C. The molecule has 0 radical (unpaired) electrons. The summed E-state index contributed by atoms with van der Waals surface area (Å²) in [5, 5.41) is 9.33. The minimum absolute atomic E-state index is 0.0417. The molecule has 0 aromatic carbocycles. The number of rotatable bonds is 2. The highest BCUT2D eigenvalue weighted by atomic mass is 16.3. The molecule has 2 atom stereocenters. The van der Waals surface area contributed by atoms with Crippen molar-refractivity contribution in [2.24, 2.45) is 11.3 Å². The maximum atomic E-state index is 9.33. The number of hydrogen-bond donors (Lipinski definition) is 1. The topological polar surface area (TPSA) is 20.2 Å². The summed E-state index contributed by atoms with van der Waals surface area (Å²) in [6.45, 7) is 6.48. The van der Waals surface area contributed by atoms with Crippen molar-refractivity contribution in [3.05, 3.63) is 0 Å². The Morgan fingerprint density at radius 2 is 2.11 bits per heavy atom. The molecule has 0 spiro atoms. The Labute approximate surface area is 57.1 Å². The Balaban J connectivity index is 2.33. The number of aliphatic hydroxyl groups is 1. The van der Waals surface area contributed by atoms with E-state index in [1.54, 1.807) is 0 Å². The van der Waals surface area contributed by atoms with Crippen molar-refractivity contribution in [2.45, 2.75) is 39.7 Å². The van der Waals surface area contributed by atoms with Gasteiger partial charge < -0.3 is 5.11 Å². The minimum Gasteiger partial charge on any atom is -0.393 e. The van der Waals surface area contributed by atoms with E-state index in [4.69, 9.17) is 0 Å². The van der Waals surface area contributed by atoms with Crippen molar-refractivity contribution in [1.82, 2.24) is 0 Å². The molecule has 9 heavy (non-hydrogen) atoms. The van der Waals surface area contributed by atoms with Crippen LogP contribution in [0.2, 0.25) is 0 Å². The summed E-state index contributed by atoms with van der Waals surface area (Å²) in [6.07, 6.45) is 2.08. The summed E-state index contributed by atoms with van der Waals surface area (Å²) >= 11 is 0. The fourth-order valence-electron chi connectivity index (χ4n) is 1.45. The molecule has 0 aromatic heterocycles. The highest BCUT2D eigenvalue weighted by Crippen LogP contribution is 2.53. The first kappa shape index (κ1) is 7.07. The average Bonchev–Trinajstić information content (AvgIpc) is 2.38. The lowest BCUT2D eigenvalue weighted by atomic mass is 10.0. The lowest BCUT2D eigenvalue weighted by Gasteiger charge is -2.08. The maximum Gasteiger partial charge on any atom is 0.0571 e. The minimum atomic E-state index is -0.0417. The second-order valence-electron chi connectivity index (χ2n) is 3.77. The highest BCUT2D eigenvalue weighted by Gasteiger charge is 2.48. The molecule has 0 bridgehead atoms. The Bertz CT molecular complexity index is 107. The van der Waals surface area contributed by atoms with Gasteiger partial charge in [-0.05, 0) is 24.2 Å². The third-order valence-electron chi connectivity index (χ3n) is 2.47. The van der Waals surface area contributed by atoms with E-state index in [9.17, 15) is 5.11 Å². The first-order valence-corrected chi connectivity index (χ1v) is 3.76.